The second kappa shape index (κ2) is 11.9. The molecule has 2 rings (SSSR count). The minimum Gasteiger partial charge on any atom is -0.491 e. The quantitative estimate of drug-likeness (QED) is 0.569. The van der Waals surface area contributed by atoms with E-state index in [1.807, 2.05) is 30.4 Å². The monoisotopic (exact) mass is 373 g/mol. The smallest absolute Gasteiger partial charge is 0.119 e. The zero-order valence-corrected chi connectivity index (χ0v) is 16.7. The van der Waals surface area contributed by atoms with Crippen LogP contribution in [0.4, 0.5) is 0 Å². The van der Waals surface area contributed by atoms with Crippen molar-refractivity contribution in [2.24, 2.45) is 0 Å². The van der Waals surface area contributed by atoms with Gasteiger partial charge in [-0.25, -0.2) is 0 Å². The molecule has 0 amide bonds. The Morgan fingerprint density at radius 3 is 2.44 bits per heavy atom. The maximum atomic E-state index is 10.3. The molecule has 0 unspecified atom stereocenters. The van der Waals surface area contributed by atoms with E-state index in [1.54, 1.807) is 0 Å². The minimum absolute atomic E-state index is 0.320. The highest BCUT2D eigenvalue weighted by Crippen LogP contribution is 2.15. The number of piperazine rings is 1. The van der Waals surface area contributed by atoms with E-state index in [9.17, 15) is 5.11 Å². The van der Waals surface area contributed by atoms with Gasteiger partial charge >= 0.3 is 0 Å². The van der Waals surface area contributed by atoms with Crippen LogP contribution in [-0.4, -0.2) is 84.9 Å². The van der Waals surface area contributed by atoms with E-state index >= 15 is 0 Å². The summed E-state index contributed by atoms with van der Waals surface area (Å²) in [6, 6.07) is 8.09. The van der Waals surface area contributed by atoms with Gasteiger partial charge in [0.1, 0.15) is 18.5 Å². The van der Waals surface area contributed by atoms with Crippen molar-refractivity contribution in [2.45, 2.75) is 19.6 Å². The lowest BCUT2D eigenvalue weighted by Gasteiger charge is -2.34. The molecular formula is C22H35N3O2. The largest absolute Gasteiger partial charge is 0.491 e. The number of hydrogen-bond donors (Lipinski definition) is 1. The Labute approximate surface area is 164 Å². The zero-order chi connectivity index (χ0) is 19.5. The Bertz CT molecular complexity index is 560. The number of likely N-dealkylation sites (N-methyl/N-ethyl adjacent to an activating group) is 1. The maximum Gasteiger partial charge on any atom is 0.119 e. The molecule has 1 atom stereocenters. The fourth-order valence-electron chi connectivity index (χ4n) is 3.39. The van der Waals surface area contributed by atoms with Crippen LogP contribution in [0, 0.1) is 0 Å². The Hall–Kier alpha value is -1.66. The van der Waals surface area contributed by atoms with Crippen LogP contribution in [0.15, 0.2) is 49.6 Å². The first-order valence-corrected chi connectivity index (χ1v) is 9.93. The van der Waals surface area contributed by atoms with Gasteiger partial charge < -0.3 is 14.7 Å². The standard InChI is InChI=1S/C22H35N3O2/c1-4-10-24(11-5-2)17-20-8-7-9-22(16-20)27-19-21(26)18-25-14-12-23(6-3)13-15-25/h4-5,7-9,16,21,26H,1-2,6,10-15,17-19H2,3H3/t21-/m1/s1. The van der Waals surface area contributed by atoms with Crippen molar-refractivity contribution in [1.29, 1.82) is 0 Å². The van der Waals surface area contributed by atoms with E-state index in [0.717, 1.165) is 58.1 Å². The predicted molar refractivity (Wildman–Crippen MR) is 112 cm³/mol. The maximum absolute atomic E-state index is 10.3. The van der Waals surface area contributed by atoms with E-state index in [1.165, 1.54) is 5.56 Å². The van der Waals surface area contributed by atoms with E-state index in [4.69, 9.17) is 4.74 Å². The van der Waals surface area contributed by atoms with Crippen molar-refractivity contribution in [1.82, 2.24) is 14.7 Å². The lowest BCUT2D eigenvalue weighted by atomic mass is 10.2. The van der Waals surface area contributed by atoms with Gasteiger partial charge in [0.15, 0.2) is 0 Å². The van der Waals surface area contributed by atoms with Crippen LogP contribution in [0.25, 0.3) is 0 Å². The molecule has 1 aliphatic rings. The molecular weight excluding hydrogens is 338 g/mol. The van der Waals surface area contributed by atoms with Gasteiger partial charge in [-0.05, 0) is 24.2 Å². The molecule has 1 aromatic rings. The molecule has 0 bridgehead atoms. The molecule has 0 aliphatic carbocycles. The van der Waals surface area contributed by atoms with E-state index in [0.29, 0.717) is 13.2 Å². The normalized spacial score (nSPS) is 17.0. The van der Waals surface area contributed by atoms with Crippen molar-refractivity contribution < 1.29 is 9.84 Å². The van der Waals surface area contributed by atoms with Gasteiger partial charge in [-0.1, -0.05) is 31.2 Å². The molecule has 0 saturated carbocycles. The second-order valence-corrected chi connectivity index (χ2v) is 7.12. The summed E-state index contributed by atoms with van der Waals surface area (Å²) in [6.07, 6.45) is 3.33. The summed E-state index contributed by atoms with van der Waals surface area (Å²) in [5.41, 5.74) is 1.18. The number of ether oxygens (including phenoxy) is 1. The molecule has 1 aliphatic heterocycles. The molecule has 150 valence electrons. The van der Waals surface area contributed by atoms with Crippen LogP contribution in [0.5, 0.6) is 5.75 Å². The lowest BCUT2D eigenvalue weighted by Crippen LogP contribution is -2.49. The highest BCUT2D eigenvalue weighted by molar-refractivity contribution is 5.28. The van der Waals surface area contributed by atoms with Crippen LogP contribution in [0.1, 0.15) is 12.5 Å². The second-order valence-electron chi connectivity index (χ2n) is 7.12. The molecule has 5 heteroatoms. The molecule has 0 aromatic heterocycles. The van der Waals surface area contributed by atoms with Crippen molar-refractivity contribution in [2.75, 3.05) is 59.0 Å². The Kier molecular flexibility index (Phi) is 9.56. The summed E-state index contributed by atoms with van der Waals surface area (Å²) in [5.74, 6) is 0.805. The zero-order valence-electron chi connectivity index (χ0n) is 16.7. The minimum atomic E-state index is -0.472. The highest BCUT2D eigenvalue weighted by atomic mass is 16.5. The summed E-state index contributed by atoms with van der Waals surface area (Å²) < 4.78 is 5.85. The molecule has 0 spiro atoms. The lowest BCUT2D eigenvalue weighted by molar-refractivity contribution is 0.0470. The molecule has 27 heavy (non-hydrogen) atoms. The number of benzene rings is 1. The summed E-state index contributed by atoms with van der Waals surface area (Å²) in [5, 5.41) is 10.3. The number of rotatable bonds is 12. The Morgan fingerprint density at radius 1 is 1.15 bits per heavy atom. The fraction of sp³-hybridized carbons (Fsp3) is 0.545. The Balaban J connectivity index is 1.78. The summed E-state index contributed by atoms with van der Waals surface area (Å²) in [7, 11) is 0. The van der Waals surface area contributed by atoms with Gasteiger partial charge in [0.05, 0.1) is 0 Å². The molecule has 1 aromatic carbocycles. The van der Waals surface area contributed by atoms with Crippen molar-refractivity contribution >= 4 is 0 Å². The molecule has 1 saturated heterocycles. The van der Waals surface area contributed by atoms with Gasteiger partial charge in [0, 0.05) is 52.4 Å². The average Bonchev–Trinajstić information content (AvgIpc) is 2.68. The van der Waals surface area contributed by atoms with Gasteiger partial charge in [-0.3, -0.25) is 9.80 Å². The first-order chi connectivity index (χ1) is 13.1. The van der Waals surface area contributed by atoms with Gasteiger partial charge in [0.25, 0.3) is 0 Å². The number of nitrogens with zero attached hydrogens (tertiary/aromatic N) is 3. The van der Waals surface area contributed by atoms with Crippen LogP contribution < -0.4 is 4.74 Å². The summed E-state index contributed by atoms with van der Waals surface area (Å²) >= 11 is 0. The molecule has 1 N–H and O–H groups in total. The number of aliphatic hydroxyl groups is 1. The van der Waals surface area contributed by atoms with Crippen LogP contribution in [0.2, 0.25) is 0 Å². The highest BCUT2D eigenvalue weighted by Gasteiger charge is 2.18. The third kappa shape index (κ3) is 7.85. The number of hydrogen-bond acceptors (Lipinski definition) is 5. The van der Waals surface area contributed by atoms with Crippen molar-refractivity contribution in [3.05, 3.63) is 55.1 Å². The van der Waals surface area contributed by atoms with Crippen molar-refractivity contribution in [3.8, 4) is 5.75 Å². The molecule has 1 fully saturated rings. The number of aliphatic hydroxyl groups excluding tert-OH is 1. The van der Waals surface area contributed by atoms with Crippen LogP contribution in [-0.2, 0) is 6.54 Å². The third-order valence-electron chi connectivity index (χ3n) is 4.90. The van der Waals surface area contributed by atoms with E-state index < -0.39 is 6.10 Å². The van der Waals surface area contributed by atoms with Crippen LogP contribution >= 0.6 is 0 Å². The van der Waals surface area contributed by atoms with E-state index in [2.05, 4.69) is 40.8 Å². The van der Waals surface area contributed by atoms with Crippen LogP contribution in [0.3, 0.4) is 0 Å². The average molecular weight is 374 g/mol. The predicted octanol–water partition coefficient (Wildman–Crippen LogP) is 2.24. The number of β-amino-alcohol motifs (C(OH)–C–C–N with tert-alkyl or cyclic N) is 1. The first-order valence-electron chi connectivity index (χ1n) is 9.93. The third-order valence-corrected chi connectivity index (χ3v) is 4.90. The first kappa shape index (κ1) is 21.6. The Morgan fingerprint density at radius 2 is 1.81 bits per heavy atom. The molecule has 1 heterocycles. The molecule has 0 radical (unpaired) electrons. The van der Waals surface area contributed by atoms with E-state index in [-0.39, 0.29) is 0 Å². The van der Waals surface area contributed by atoms with Gasteiger partial charge in [0.2, 0.25) is 0 Å². The fourth-order valence-corrected chi connectivity index (χ4v) is 3.39. The van der Waals surface area contributed by atoms with Gasteiger partial charge in [-0.2, -0.15) is 0 Å². The topological polar surface area (TPSA) is 39.2 Å². The van der Waals surface area contributed by atoms with Crippen molar-refractivity contribution in [3.63, 3.8) is 0 Å². The SMILES string of the molecule is C=CCN(CC=C)Cc1cccc(OC[C@H](O)CN2CCN(CC)CC2)c1. The summed E-state index contributed by atoms with van der Waals surface area (Å²) in [4.78, 5) is 7.01. The summed E-state index contributed by atoms with van der Waals surface area (Å²) in [6.45, 7) is 18.6. The molecule has 5 nitrogen and oxygen atoms in total. The van der Waals surface area contributed by atoms with Gasteiger partial charge in [-0.15, -0.1) is 13.2 Å².